The van der Waals surface area contributed by atoms with E-state index in [0.717, 1.165) is 21.3 Å². The number of nitrogens with two attached hydrogens (primary N) is 1. The van der Waals surface area contributed by atoms with Crippen LogP contribution in [0, 0.1) is 0 Å². The monoisotopic (exact) mass is 347 g/mol. The molecule has 0 spiro atoms. The van der Waals surface area contributed by atoms with E-state index >= 15 is 0 Å². The molecule has 0 heterocycles. The summed E-state index contributed by atoms with van der Waals surface area (Å²) < 4.78 is 6.21. The zero-order valence-corrected chi connectivity index (χ0v) is 14.6. The first-order chi connectivity index (χ1) is 9.84. The molecule has 2 aromatic rings. The quantitative estimate of drug-likeness (QED) is 0.864. The lowest BCUT2D eigenvalue weighted by Crippen LogP contribution is -2.20. The molecule has 0 saturated heterocycles. The van der Waals surface area contributed by atoms with Gasteiger partial charge < -0.3 is 10.5 Å². The Morgan fingerprint density at radius 1 is 1.05 bits per heavy atom. The molecule has 0 radical (unpaired) electrons. The molecular formula is C18H22BrNO. The van der Waals surface area contributed by atoms with E-state index in [9.17, 15) is 0 Å². The van der Waals surface area contributed by atoms with Crippen LogP contribution in [0.1, 0.15) is 43.5 Å². The van der Waals surface area contributed by atoms with E-state index in [1.807, 2.05) is 24.3 Å². The van der Waals surface area contributed by atoms with Crippen LogP contribution in [0.15, 0.2) is 46.9 Å². The number of ether oxygens (including phenoxy) is 1. The van der Waals surface area contributed by atoms with Gasteiger partial charge in [0, 0.05) is 4.47 Å². The molecule has 1 unspecified atom stereocenters. The SMILES string of the molecule is COc1ccc(C(N)c2ccccc2C(C)(C)C)c(Br)c1. The van der Waals surface area contributed by atoms with Gasteiger partial charge in [-0.05, 0) is 34.2 Å². The first-order valence-corrected chi connectivity index (χ1v) is 7.82. The van der Waals surface area contributed by atoms with Crippen LogP contribution in [-0.4, -0.2) is 7.11 Å². The van der Waals surface area contributed by atoms with E-state index in [2.05, 4.69) is 54.9 Å². The Morgan fingerprint density at radius 2 is 1.71 bits per heavy atom. The minimum absolute atomic E-state index is 0.0627. The van der Waals surface area contributed by atoms with Gasteiger partial charge in [0.2, 0.25) is 0 Å². The van der Waals surface area contributed by atoms with Gasteiger partial charge in [-0.15, -0.1) is 0 Å². The lowest BCUT2D eigenvalue weighted by atomic mass is 9.81. The number of hydrogen-bond acceptors (Lipinski definition) is 2. The van der Waals surface area contributed by atoms with Crippen molar-refractivity contribution in [2.24, 2.45) is 5.73 Å². The fourth-order valence-corrected chi connectivity index (χ4v) is 3.11. The van der Waals surface area contributed by atoms with Crippen LogP contribution in [0.3, 0.4) is 0 Å². The zero-order valence-electron chi connectivity index (χ0n) is 13.0. The van der Waals surface area contributed by atoms with Gasteiger partial charge in [0.1, 0.15) is 5.75 Å². The highest BCUT2D eigenvalue weighted by atomic mass is 79.9. The number of methoxy groups -OCH3 is 1. The van der Waals surface area contributed by atoms with Crippen molar-refractivity contribution in [3.05, 3.63) is 63.6 Å². The Bertz CT molecular complexity index is 631. The summed E-state index contributed by atoms with van der Waals surface area (Å²) in [6, 6.07) is 14.1. The molecule has 2 N–H and O–H groups in total. The van der Waals surface area contributed by atoms with E-state index in [-0.39, 0.29) is 11.5 Å². The normalized spacial score (nSPS) is 13.0. The van der Waals surface area contributed by atoms with E-state index in [4.69, 9.17) is 10.5 Å². The summed E-state index contributed by atoms with van der Waals surface area (Å²) in [5.74, 6) is 0.821. The number of benzene rings is 2. The first kappa shape index (κ1) is 16.1. The van der Waals surface area contributed by atoms with Crippen LogP contribution >= 0.6 is 15.9 Å². The van der Waals surface area contributed by atoms with Crippen LogP contribution in [0.5, 0.6) is 5.75 Å². The standard InChI is InChI=1S/C18H22BrNO/c1-18(2,3)15-8-6-5-7-13(15)17(20)14-10-9-12(21-4)11-16(14)19/h5-11,17H,20H2,1-4H3. The first-order valence-electron chi connectivity index (χ1n) is 7.03. The summed E-state index contributed by atoms with van der Waals surface area (Å²) in [7, 11) is 1.66. The third-order valence-electron chi connectivity index (χ3n) is 3.65. The molecule has 0 bridgehead atoms. The number of rotatable bonds is 3. The summed E-state index contributed by atoms with van der Waals surface area (Å²) in [4.78, 5) is 0. The van der Waals surface area contributed by atoms with Crippen molar-refractivity contribution in [1.29, 1.82) is 0 Å². The fourth-order valence-electron chi connectivity index (χ4n) is 2.51. The van der Waals surface area contributed by atoms with E-state index in [1.165, 1.54) is 5.56 Å². The number of halogens is 1. The van der Waals surface area contributed by atoms with Gasteiger partial charge in [0.05, 0.1) is 13.2 Å². The predicted molar refractivity (Wildman–Crippen MR) is 91.9 cm³/mol. The van der Waals surface area contributed by atoms with Crippen molar-refractivity contribution in [2.45, 2.75) is 32.2 Å². The Hall–Kier alpha value is -1.32. The topological polar surface area (TPSA) is 35.2 Å². The van der Waals surface area contributed by atoms with Crippen LogP contribution in [-0.2, 0) is 5.41 Å². The third-order valence-corrected chi connectivity index (χ3v) is 4.33. The summed E-state index contributed by atoms with van der Waals surface area (Å²) in [5.41, 5.74) is 10.1. The molecule has 21 heavy (non-hydrogen) atoms. The smallest absolute Gasteiger partial charge is 0.120 e. The van der Waals surface area contributed by atoms with E-state index in [1.54, 1.807) is 7.11 Å². The predicted octanol–water partition coefficient (Wildman–Crippen LogP) is 4.80. The van der Waals surface area contributed by atoms with Crippen molar-refractivity contribution in [1.82, 2.24) is 0 Å². The Balaban J connectivity index is 2.48. The van der Waals surface area contributed by atoms with Gasteiger partial charge in [-0.25, -0.2) is 0 Å². The lowest BCUT2D eigenvalue weighted by molar-refractivity contribution is 0.414. The largest absolute Gasteiger partial charge is 0.497 e. The number of hydrogen-bond donors (Lipinski definition) is 1. The molecular weight excluding hydrogens is 326 g/mol. The molecule has 2 aromatic carbocycles. The fraction of sp³-hybridized carbons (Fsp3) is 0.333. The summed E-state index contributed by atoms with van der Waals surface area (Å²) in [5, 5.41) is 0. The van der Waals surface area contributed by atoms with Crippen LogP contribution in [0.4, 0.5) is 0 Å². The average Bonchev–Trinajstić information content (AvgIpc) is 2.45. The maximum atomic E-state index is 6.54. The average molecular weight is 348 g/mol. The van der Waals surface area contributed by atoms with Gasteiger partial charge in [0.15, 0.2) is 0 Å². The second-order valence-corrected chi connectivity index (χ2v) is 7.06. The molecule has 0 aliphatic heterocycles. The molecule has 0 fully saturated rings. The maximum absolute atomic E-state index is 6.54. The Morgan fingerprint density at radius 3 is 2.29 bits per heavy atom. The molecule has 0 aliphatic carbocycles. The molecule has 2 rings (SSSR count). The van der Waals surface area contributed by atoms with Crippen molar-refractivity contribution >= 4 is 15.9 Å². The molecule has 2 nitrogen and oxygen atoms in total. The van der Waals surface area contributed by atoms with E-state index in [0.29, 0.717) is 0 Å². The molecule has 0 saturated carbocycles. The summed E-state index contributed by atoms with van der Waals surface area (Å²) >= 11 is 3.60. The molecule has 0 aromatic heterocycles. The second kappa shape index (κ2) is 6.20. The molecule has 0 amide bonds. The van der Waals surface area contributed by atoms with Crippen LogP contribution in [0.2, 0.25) is 0 Å². The zero-order chi connectivity index (χ0) is 15.6. The molecule has 112 valence electrons. The van der Waals surface area contributed by atoms with Gasteiger partial charge >= 0.3 is 0 Å². The van der Waals surface area contributed by atoms with Gasteiger partial charge in [0.25, 0.3) is 0 Å². The minimum Gasteiger partial charge on any atom is -0.497 e. The van der Waals surface area contributed by atoms with E-state index < -0.39 is 0 Å². The molecule has 1 atom stereocenters. The van der Waals surface area contributed by atoms with Crippen molar-refractivity contribution in [3.63, 3.8) is 0 Å². The van der Waals surface area contributed by atoms with Crippen LogP contribution in [0.25, 0.3) is 0 Å². The van der Waals surface area contributed by atoms with Crippen LogP contribution < -0.4 is 10.5 Å². The Labute approximate surface area is 135 Å². The van der Waals surface area contributed by atoms with Crippen molar-refractivity contribution < 1.29 is 4.74 Å². The van der Waals surface area contributed by atoms with Gasteiger partial charge in [-0.2, -0.15) is 0 Å². The van der Waals surface area contributed by atoms with Gasteiger partial charge in [-0.1, -0.05) is 67.0 Å². The maximum Gasteiger partial charge on any atom is 0.120 e. The third kappa shape index (κ3) is 3.47. The highest BCUT2D eigenvalue weighted by molar-refractivity contribution is 9.10. The molecule has 3 heteroatoms. The van der Waals surface area contributed by atoms with Crippen molar-refractivity contribution in [3.8, 4) is 5.75 Å². The lowest BCUT2D eigenvalue weighted by Gasteiger charge is -2.26. The highest BCUT2D eigenvalue weighted by Crippen LogP contribution is 2.35. The minimum atomic E-state index is -0.166. The summed E-state index contributed by atoms with van der Waals surface area (Å²) in [6.07, 6.45) is 0. The molecule has 0 aliphatic rings. The second-order valence-electron chi connectivity index (χ2n) is 6.20. The Kier molecular flexibility index (Phi) is 4.74. The van der Waals surface area contributed by atoms with Crippen molar-refractivity contribution in [2.75, 3.05) is 7.11 Å². The van der Waals surface area contributed by atoms with Gasteiger partial charge in [-0.3, -0.25) is 0 Å². The highest BCUT2D eigenvalue weighted by Gasteiger charge is 2.22. The summed E-state index contributed by atoms with van der Waals surface area (Å²) in [6.45, 7) is 6.63.